The summed E-state index contributed by atoms with van der Waals surface area (Å²) in [5.41, 5.74) is 5.20. The molecule has 5 nitrogen and oxygen atoms in total. The Balaban J connectivity index is 1.31. The van der Waals surface area contributed by atoms with Crippen molar-refractivity contribution in [3.8, 4) is 0 Å². The van der Waals surface area contributed by atoms with Crippen LogP contribution in [0.25, 0.3) is 10.8 Å². The highest BCUT2D eigenvalue weighted by atomic mass is 35.5. The maximum Gasteiger partial charge on any atom is 0.224 e. The van der Waals surface area contributed by atoms with Crippen LogP contribution in [0.2, 0.25) is 15.7 Å². The van der Waals surface area contributed by atoms with Crippen molar-refractivity contribution in [1.29, 1.82) is 0 Å². The fourth-order valence-electron chi connectivity index (χ4n) is 6.57. The van der Waals surface area contributed by atoms with Gasteiger partial charge >= 0.3 is 0 Å². The monoisotopic (exact) mass is 621 g/mol. The first-order chi connectivity index (χ1) is 21.0. The zero-order valence-corrected chi connectivity index (χ0v) is 25.2. The third-order valence-corrected chi connectivity index (χ3v) is 8.88. The quantitative estimate of drug-likeness (QED) is 0.142. The van der Waals surface area contributed by atoms with Gasteiger partial charge in [0.1, 0.15) is 11.0 Å². The molecule has 0 bridgehead atoms. The predicted molar refractivity (Wildman–Crippen MR) is 174 cm³/mol. The van der Waals surface area contributed by atoms with Crippen LogP contribution in [0.15, 0.2) is 115 Å². The maximum atomic E-state index is 6.62. The van der Waals surface area contributed by atoms with Crippen molar-refractivity contribution < 1.29 is 0 Å². The minimum atomic E-state index is -0.0198. The van der Waals surface area contributed by atoms with Crippen molar-refractivity contribution >= 4 is 51.4 Å². The molecule has 1 saturated carbocycles. The molecule has 2 atom stereocenters. The van der Waals surface area contributed by atoms with Gasteiger partial charge < -0.3 is 5.32 Å². The van der Waals surface area contributed by atoms with E-state index in [1.165, 1.54) is 27.5 Å². The van der Waals surface area contributed by atoms with Crippen LogP contribution in [-0.4, -0.2) is 19.9 Å². The van der Waals surface area contributed by atoms with Gasteiger partial charge in [0.2, 0.25) is 10.6 Å². The van der Waals surface area contributed by atoms with Gasteiger partial charge in [-0.2, -0.15) is 0 Å². The largest absolute Gasteiger partial charge is 0.366 e. The molecule has 0 unspecified atom stereocenters. The molecular weight excluding hydrogens is 597 g/mol. The number of benzene rings is 4. The minimum Gasteiger partial charge on any atom is -0.366 e. The fourth-order valence-corrected chi connectivity index (χ4v) is 7.18. The van der Waals surface area contributed by atoms with E-state index in [1.54, 1.807) is 0 Å². The van der Waals surface area contributed by atoms with Gasteiger partial charge in [-0.25, -0.2) is 19.9 Å². The van der Waals surface area contributed by atoms with E-state index in [0.29, 0.717) is 17.5 Å². The van der Waals surface area contributed by atoms with Crippen LogP contribution in [0.5, 0.6) is 0 Å². The molecule has 43 heavy (non-hydrogen) atoms. The van der Waals surface area contributed by atoms with Crippen LogP contribution in [0.4, 0.5) is 5.82 Å². The first-order valence-electron chi connectivity index (χ1n) is 14.1. The fraction of sp³-hybridized carbons (Fsp3) is 0.143. The average molecular weight is 623 g/mol. The lowest BCUT2D eigenvalue weighted by Crippen LogP contribution is -2.41. The van der Waals surface area contributed by atoms with Gasteiger partial charge in [-0.15, -0.1) is 0 Å². The van der Waals surface area contributed by atoms with Gasteiger partial charge in [0.05, 0.1) is 11.4 Å². The summed E-state index contributed by atoms with van der Waals surface area (Å²) in [4.78, 5) is 18.1. The highest BCUT2D eigenvalue weighted by Gasteiger charge is 2.54. The summed E-state index contributed by atoms with van der Waals surface area (Å²) in [5, 5.41) is 6.57. The molecule has 0 spiro atoms. The summed E-state index contributed by atoms with van der Waals surface area (Å²) in [6.45, 7) is 0.601. The predicted octanol–water partition coefficient (Wildman–Crippen LogP) is 9.44. The lowest BCUT2D eigenvalue weighted by atomic mass is 9.50. The lowest BCUT2D eigenvalue weighted by Gasteiger charge is -2.52. The van der Waals surface area contributed by atoms with E-state index >= 15 is 0 Å². The Bertz CT molecular complexity index is 1830. The smallest absolute Gasteiger partial charge is 0.224 e. The number of fused-ring (bicyclic) bond motifs is 1. The summed E-state index contributed by atoms with van der Waals surface area (Å²) in [7, 11) is 0. The summed E-state index contributed by atoms with van der Waals surface area (Å²) < 4.78 is 0. The first kappa shape index (κ1) is 27.8. The van der Waals surface area contributed by atoms with Crippen molar-refractivity contribution in [2.75, 3.05) is 5.32 Å². The van der Waals surface area contributed by atoms with E-state index in [2.05, 4.69) is 111 Å². The second-order valence-electron chi connectivity index (χ2n) is 10.7. The third kappa shape index (κ3) is 5.56. The van der Waals surface area contributed by atoms with E-state index in [0.717, 1.165) is 11.4 Å². The van der Waals surface area contributed by atoms with Crippen LogP contribution in [-0.2, 0) is 6.54 Å². The summed E-state index contributed by atoms with van der Waals surface area (Å²) in [6, 6.07) is 39.4. The molecule has 0 radical (unpaired) electrons. The Hall–Kier alpha value is -4.03. The van der Waals surface area contributed by atoms with E-state index in [1.807, 2.05) is 24.3 Å². The van der Waals surface area contributed by atoms with E-state index in [-0.39, 0.29) is 34.2 Å². The normalized spacial score (nSPS) is 19.6. The van der Waals surface area contributed by atoms with Crippen LogP contribution in [0.1, 0.15) is 51.7 Å². The number of hydrogen-bond donors (Lipinski definition) is 1. The number of hydrogen-bond acceptors (Lipinski definition) is 5. The summed E-state index contributed by atoms with van der Waals surface area (Å²) >= 11 is 19.3. The number of rotatable bonds is 7. The zero-order valence-electron chi connectivity index (χ0n) is 22.9. The molecule has 4 aromatic carbocycles. The maximum absolute atomic E-state index is 6.62. The van der Waals surface area contributed by atoms with Gasteiger partial charge in [-0.05, 0) is 56.7 Å². The van der Waals surface area contributed by atoms with E-state index < -0.39 is 0 Å². The van der Waals surface area contributed by atoms with Crippen LogP contribution in [0.3, 0.4) is 0 Å². The van der Waals surface area contributed by atoms with Gasteiger partial charge in [0, 0.05) is 36.3 Å². The highest BCUT2D eigenvalue weighted by Crippen LogP contribution is 2.66. The molecule has 0 aliphatic heterocycles. The molecule has 212 valence electrons. The Morgan fingerprint density at radius 1 is 0.535 bits per heavy atom. The molecule has 0 saturated heterocycles. The molecule has 2 aromatic heterocycles. The van der Waals surface area contributed by atoms with Crippen LogP contribution < -0.4 is 5.32 Å². The molecule has 1 fully saturated rings. The number of nitrogens with one attached hydrogen (secondary N) is 1. The summed E-state index contributed by atoms with van der Waals surface area (Å²) in [5.74, 6) is 0.711. The molecule has 2 heterocycles. The van der Waals surface area contributed by atoms with Gasteiger partial charge in [-0.1, -0.05) is 115 Å². The van der Waals surface area contributed by atoms with Crippen molar-refractivity contribution in [1.82, 2.24) is 19.9 Å². The Kier molecular flexibility index (Phi) is 7.70. The average Bonchev–Trinajstić information content (AvgIpc) is 3.00. The van der Waals surface area contributed by atoms with Gasteiger partial charge in [0.15, 0.2) is 0 Å². The highest BCUT2D eigenvalue weighted by molar-refractivity contribution is 6.31. The number of halogens is 3. The van der Waals surface area contributed by atoms with Gasteiger partial charge in [0.25, 0.3) is 0 Å². The van der Waals surface area contributed by atoms with Crippen LogP contribution in [0, 0.1) is 0 Å². The second kappa shape index (κ2) is 11.9. The zero-order chi connectivity index (χ0) is 29.3. The molecule has 6 aromatic rings. The molecule has 1 aliphatic carbocycles. The topological polar surface area (TPSA) is 63.6 Å². The first-order valence-corrected chi connectivity index (χ1v) is 15.2. The summed E-state index contributed by atoms with van der Waals surface area (Å²) in [6.07, 6.45) is 0. The Morgan fingerprint density at radius 3 is 1.74 bits per heavy atom. The molecule has 1 aliphatic rings. The SMILES string of the molecule is Clc1cc(C2[C@@H](c3ccccc3)C(c3cc(NCc4cccc5ccccc45)nc(Cl)n3)[C@@H]2c2ccccc2)nc(Cl)n1. The Morgan fingerprint density at radius 2 is 1.09 bits per heavy atom. The molecule has 7 rings (SSSR count). The standard InChI is InChI=1S/C35H26Cl3N5/c36-28-18-26(40-34(37)42-28)32-30(22-11-3-1-4-12-22)33(31(32)23-13-5-2-6-14-23)27-19-29(43-35(38)41-27)39-20-24-16-9-15-21-10-7-8-17-25(21)24/h1-19,30-33H,20H2,(H,39,41,43)/t30-,31-,32?,33?/m1/s1. The molecule has 0 amide bonds. The van der Waals surface area contributed by atoms with E-state index in [4.69, 9.17) is 39.8 Å². The molecular formula is C35H26Cl3N5. The van der Waals surface area contributed by atoms with Crippen molar-refractivity contribution in [2.24, 2.45) is 0 Å². The van der Waals surface area contributed by atoms with Crippen molar-refractivity contribution in [2.45, 2.75) is 30.2 Å². The van der Waals surface area contributed by atoms with E-state index in [9.17, 15) is 0 Å². The molecule has 8 heteroatoms. The van der Waals surface area contributed by atoms with Crippen molar-refractivity contribution in [3.63, 3.8) is 0 Å². The van der Waals surface area contributed by atoms with Crippen LogP contribution >= 0.6 is 34.8 Å². The second-order valence-corrected chi connectivity index (χ2v) is 11.8. The molecule has 1 N–H and O–H groups in total. The Labute approximate surface area is 264 Å². The minimum absolute atomic E-state index is 0.0130. The number of aromatic nitrogens is 4. The number of anilines is 1. The van der Waals surface area contributed by atoms with Crippen molar-refractivity contribution in [3.05, 3.63) is 159 Å². The number of nitrogens with zero attached hydrogens (tertiary/aromatic N) is 4. The lowest BCUT2D eigenvalue weighted by molar-refractivity contribution is 0.220. The third-order valence-electron chi connectivity index (χ3n) is 8.35. The van der Waals surface area contributed by atoms with Gasteiger partial charge in [-0.3, -0.25) is 0 Å².